The van der Waals surface area contributed by atoms with Crippen molar-refractivity contribution in [1.82, 2.24) is 15.1 Å². The van der Waals surface area contributed by atoms with Crippen LogP contribution in [0.25, 0.3) is 0 Å². The number of methoxy groups -OCH3 is 2. The van der Waals surface area contributed by atoms with Gasteiger partial charge in [0.15, 0.2) is 0 Å². The molecule has 0 aliphatic carbocycles. The third-order valence-electron chi connectivity index (χ3n) is 7.68. The van der Waals surface area contributed by atoms with Gasteiger partial charge in [0.05, 0.1) is 39.0 Å². The molecule has 2 aromatic carbocycles. The van der Waals surface area contributed by atoms with Crippen LogP contribution in [-0.4, -0.2) is 95.8 Å². The second kappa shape index (κ2) is 16.5. The number of nitrogens with zero attached hydrogens (tertiary/aromatic N) is 2. The van der Waals surface area contributed by atoms with Gasteiger partial charge in [-0.25, -0.2) is 0 Å². The van der Waals surface area contributed by atoms with Crippen LogP contribution in [0.2, 0.25) is 0 Å². The SMILES string of the molecule is COc1ccc(CN(CCCCCCCN2C[C@H](NC(C)=O)[C@@H](O)[C@H](O)[C@H]2CO)Cc2ccc(OC)cc2)cc1. The zero-order valence-electron chi connectivity index (χ0n) is 24.2. The van der Waals surface area contributed by atoms with Crippen LogP contribution in [0.15, 0.2) is 48.5 Å². The van der Waals surface area contributed by atoms with E-state index in [-0.39, 0.29) is 12.5 Å². The normalized spacial score (nSPS) is 21.4. The van der Waals surface area contributed by atoms with Crippen LogP contribution in [-0.2, 0) is 17.9 Å². The number of nitrogens with one attached hydrogen (secondary N) is 1. The fourth-order valence-electron chi connectivity index (χ4n) is 5.42. The molecule has 0 radical (unpaired) electrons. The van der Waals surface area contributed by atoms with Gasteiger partial charge in [-0.15, -0.1) is 0 Å². The molecular weight excluding hydrogens is 510 g/mol. The first-order chi connectivity index (χ1) is 19.3. The molecule has 2 aromatic rings. The average Bonchev–Trinajstić information content (AvgIpc) is 2.95. The minimum Gasteiger partial charge on any atom is -0.497 e. The predicted octanol–water partition coefficient (Wildman–Crippen LogP) is 2.56. The van der Waals surface area contributed by atoms with Gasteiger partial charge in [0.1, 0.15) is 17.6 Å². The topological polar surface area (TPSA) is 115 Å². The molecule has 0 aromatic heterocycles. The van der Waals surface area contributed by atoms with Gasteiger partial charge in [0, 0.05) is 26.6 Å². The van der Waals surface area contributed by atoms with E-state index in [4.69, 9.17) is 9.47 Å². The van der Waals surface area contributed by atoms with E-state index in [2.05, 4.69) is 34.5 Å². The predicted molar refractivity (Wildman–Crippen MR) is 155 cm³/mol. The van der Waals surface area contributed by atoms with Crippen molar-refractivity contribution in [2.75, 3.05) is 40.5 Å². The minimum absolute atomic E-state index is 0.233. The number of carbonyl (C=O) groups excluding carboxylic acids is 1. The number of benzene rings is 2. The molecule has 1 amide bonds. The molecule has 0 spiro atoms. The largest absolute Gasteiger partial charge is 0.497 e. The Hall–Kier alpha value is -2.69. The number of likely N-dealkylation sites (tertiary alicyclic amines) is 1. The molecule has 9 nitrogen and oxygen atoms in total. The van der Waals surface area contributed by atoms with Crippen molar-refractivity contribution in [2.24, 2.45) is 0 Å². The first-order valence-electron chi connectivity index (χ1n) is 14.3. The van der Waals surface area contributed by atoms with E-state index >= 15 is 0 Å². The molecule has 0 unspecified atom stereocenters. The molecule has 1 aliphatic heterocycles. The highest BCUT2D eigenvalue weighted by Crippen LogP contribution is 2.21. The molecule has 40 heavy (non-hydrogen) atoms. The van der Waals surface area contributed by atoms with E-state index in [1.165, 1.54) is 18.1 Å². The van der Waals surface area contributed by atoms with E-state index in [9.17, 15) is 20.1 Å². The molecule has 4 N–H and O–H groups in total. The summed E-state index contributed by atoms with van der Waals surface area (Å²) in [5.74, 6) is 1.47. The van der Waals surface area contributed by atoms with Gasteiger partial charge >= 0.3 is 0 Å². The zero-order chi connectivity index (χ0) is 28.9. The Kier molecular flexibility index (Phi) is 13.2. The number of hydrogen-bond donors (Lipinski definition) is 4. The number of ether oxygens (including phenoxy) is 2. The zero-order valence-corrected chi connectivity index (χ0v) is 24.2. The van der Waals surface area contributed by atoms with Crippen LogP contribution in [0.1, 0.15) is 50.2 Å². The lowest BCUT2D eigenvalue weighted by Crippen LogP contribution is -2.66. The maximum atomic E-state index is 11.5. The number of hydrogen-bond acceptors (Lipinski definition) is 8. The highest BCUT2D eigenvalue weighted by Gasteiger charge is 2.41. The van der Waals surface area contributed by atoms with Crippen LogP contribution >= 0.6 is 0 Å². The number of carbonyl (C=O) groups is 1. The minimum atomic E-state index is -1.10. The van der Waals surface area contributed by atoms with E-state index in [0.29, 0.717) is 13.1 Å². The summed E-state index contributed by atoms with van der Waals surface area (Å²) >= 11 is 0. The van der Waals surface area contributed by atoms with Gasteiger partial charge in [-0.05, 0) is 61.3 Å². The third-order valence-corrected chi connectivity index (χ3v) is 7.68. The maximum Gasteiger partial charge on any atom is 0.217 e. The third kappa shape index (κ3) is 9.74. The van der Waals surface area contributed by atoms with Gasteiger partial charge in [-0.2, -0.15) is 0 Å². The number of unbranched alkanes of at least 4 members (excludes halogenated alkanes) is 4. The van der Waals surface area contributed by atoms with E-state index < -0.39 is 24.3 Å². The molecule has 222 valence electrons. The Bertz CT molecular complexity index is 954. The van der Waals surface area contributed by atoms with Crippen LogP contribution in [0.3, 0.4) is 0 Å². The molecule has 1 aliphatic rings. The first kappa shape index (κ1) is 31.8. The van der Waals surface area contributed by atoms with E-state index in [1.807, 2.05) is 29.2 Å². The molecule has 1 saturated heterocycles. The molecular formula is C31H47N3O6. The quantitative estimate of drug-likeness (QED) is 0.233. The van der Waals surface area contributed by atoms with Gasteiger partial charge in [-0.3, -0.25) is 14.6 Å². The van der Waals surface area contributed by atoms with Crippen LogP contribution in [0.4, 0.5) is 0 Å². The summed E-state index contributed by atoms with van der Waals surface area (Å²) in [6.07, 6.45) is 3.07. The van der Waals surface area contributed by atoms with Gasteiger partial charge in [0.2, 0.25) is 5.91 Å². The Morgan fingerprint density at radius 3 is 1.90 bits per heavy atom. The van der Waals surface area contributed by atoms with Gasteiger partial charge < -0.3 is 30.1 Å². The highest BCUT2D eigenvalue weighted by atomic mass is 16.5. The molecule has 0 saturated carbocycles. The maximum absolute atomic E-state index is 11.5. The van der Waals surface area contributed by atoms with E-state index in [0.717, 1.165) is 63.2 Å². The molecule has 1 heterocycles. The van der Waals surface area contributed by atoms with Crippen LogP contribution in [0, 0.1) is 0 Å². The number of rotatable bonds is 16. The average molecular weight is 558 g/mol. The van der Waals surface area contributed by atoms with Crippen molar-refractivity contribution in [1.29, 1.82) is 0 Å². The molecule has 4 atom stereocenters. The standard InChI is InChI=1S/C31H47N3O6/c1-23(36)32-28-21-34(29(22-35)31(38)30(28)37)18-8-6-4-5-7-17-33(19-24-9-13-26(39-2)14-10-24)20-25-11-15-27(40-3)16-12-25/h9-16,28-31,35,37-38H,4-8,17-22H2,1-3H3,(H,32,36)/t28-,29+,30+,31+/m0/s1. The lowest BCUT2D eigenvalue weighted by atomic mass is 9.92. The molecule has 3 rings (SSSR count). The second-order valence-corrected chi connectivity index (χ2v) is 10.7. The van der Waals surface area contributed by atoms with Crippen molar-refractivity contribution in [2.45, 2.75) is 76.4 Å². The summed E-state index contributed by atoms with van der Waals surface area (Å²) in [7, 11) is 3.36. The van der Waals surface area contributed by atoms with E-state index in [1.54, 1.807) is 14.2 Å². The summed E-state index contributed by atoms with van der Waals surface area (Å²) in [6.45, 7) is 4.98. The Balaban J connectivity index is 1.45. The monoisotopic (exact) mass is 557 g/mol. The number of aliphatic hydroxyl groups excluding tert-OH is 3. The van der Waals surface area contributed by atoms with Crippen molar-refractivity contribution >= 4 is 5.91 Å². The fraction of sp³-hybridized carbons (Fsp3) is 0.581. The second-order valence-electron chi connectivity index (χ2n) is 10.7. The lowest BCUT2D eigenvalue weighted by molar-refractivity contribution is -0.128. The molecule has 1 fully saturated rings. The molecule has 0 bridgehead atoms. The summed E-state index contributed by atoms with van der Waals surface area (Å²) < 4.78 is 10.6. The van der Waals surface area contributed by atoms with Crippen molar-refractivity contribution in [3.8, 4) is 11.5 Å². The smallest absolute Gasteiger partial charge is 0.217 e. The number of piperidine rings is 1. The van der Waals surface area contributed by atoms with Crippen molar-refractivity contribution in [3.63, 3.8) is 0 Å². The summed E-state index contributed by atoms with van der Waals surface area (Å²) in [5.41, 5.74) is 2.50. The lowest BCUT2D eigenvalue weighted by Gasteiger charge is -2.45. The Morgan fingerprint density at radius 2 is 1.40 bits per heavy atom. The summed E-state index contributed by atoms with van der Waals surface area (Å²) in [6, 6.07) is 15.4. The van der Waals surface area contributed by atoms with Crippen molar-refractivity contribution in [3.05, 3.63) is 59.7 Å². The summed E-state index contributed by atoms with van der Waals surface area (Å²) in [4.78, 5) is 16.0. The van der Waals surface area contributed by atoms with Crippen LogP contribution < -0.4 is 14.8 Å². The van der Waals surface area contributed by atoms with Gasteiger partial charge in [0.25, 0.3) is 0 Å². The van der Waals surface area contributed by atoms with Gasteiger partial charge in [-0.1, -0.05) is 43.5 Å². The first-order valence-corrected chi connectivity index (χ1v) is 14.3. The van der Waals surface area contributed by atoms with Crippen molar-refractivity contribution < 1.29 is 29.6 Å². The number of amides is 1. The Morgan fingerprint density at radius 1 is 0.875 bits per heavy atom. The fourth-order valence-corrected chi connectivity index (χ4v) is 5.42. The highest BCUT2D eigenvalue weighted by molar-refractivity contribution is 5.73. The summed E-state index contributed by atoms with van der Waals surface area (Å²) in [5, 5.41) is 33.3. The molecule has 9 heteroatoms. The number of aliphatic hydroxyl groups is 3. The van der Waals surface area contributed by atoms with Crippen LogP contribution in [0.5, 0.6) is 11.5 Å². The Labute approximate surface area is 238 Å².